The van der Waals surface area contributed by atoms with Crippen molar-refractivity contribution in [1.29, 1.82) is 0 Å². The Bertz CT molecular complexity index is 980. The highest BCUT2D eigenvalue weighted by Gasteiger charge is 2.21. The van der Waals surface area contributed by atoms with Crippen LogP contribution in [0.2, 0.25) is 5.28 Å². The van der Waals surface area contributed by atoms with Crippen molar-refractivity contribution < 1.29 is 9.47 Å². The molecule has 0 radical (unpaired) electrons. The third-order valence-electron chi connectivity index (χ3n) is 4.84. The fourth-order valence-corrected chi connectivity index (χ4v) is 3.53. The predicted molar refractivity (Wildman–Crippen MR) is 110 cm³/mol. The van der Waals surface area contributed by atoms with Gasteiger partial charge < -0.3 is 14.8 Å². The summed E-state index contributed by atoms with van der Waals surface area (Å²) in [6.07, 6.45) is 3.57. The molecule has 0 saturated carbocycles. The standard InChI is InChI=1S/C20H22ClN5O2/c1-3-16-17-18(22-14-8-10-28-11-9-14)23-20(21)24-19(17)26(25-16)12-13-4-6-15(27-2)7-5-13/h3-7,14H,1,8-12H2,2H3,(H,22,23,24). The van der Waals surface area contributed by atoms with Crippen molar-refractivity contribution in [2.45, 2.75) is 25.4 Å². The number of anilines is 1. The van der Waals surface area contributed by atoms with Crippen molar-refractivity contribution in [2.24, 2.45) is 0 Å². The van der Waals surface area contributed by atoms with Gasteiger partial charge >= 0.3 is 0 Å². The summed E-state index contributed by atoms with van der Waals surface area (Å²) in [5.74, 6) is 1.51. The number of rotatable bonds is 6. The molecule has 0 unspecified atom stereocenters. The number of fused-ring (bicyclic) bond motifs is 1. The van der Waals surface area contributed by atoms with E-state index in [1.165, 1.54) is 0 Å². The van der Waals surface area contributed by atoms with Crippen molar-refractivity contribution in [3.8, 4) is 5.75 Å². The normalized spacial score (nSPS) is 14.9. The number of benzene rings is 1. The van der Waals surface area contributed by atoms with Crippen molar-refractivity contribution in [1.82, 2.24) is 19.7 Å². The maximum atomic E-state index is 6.24. The van der Waals surface area contributed by atoms with Gasteiger partial charge in [-0.1, -0.05) is 18.7 Å². The molecule has 3 aromatic rings. The van der Waals surface area contributed by atoms with Gasteiger partial charge in [-0.15, -0.1) is 0 Å². The summed E-state index contributed by atoms with van der Waals surface area (Å²) in [4.78, 5) is 8.88. The van der Waals surface area contributed by atoms with E-state index < -0.39 is 0 Å². The van der Waals surface area contributed by atoms with Crippen LogP contribution in [-0.4, -0.2) is 46.1 Å². The highest BCUT2D eigenvalue weighted by Crippen LogP contribution is 2.29. The molecule has 0 atom stereocenters. The summed E-state index contributed by atoms with van der Waals surface area (Å²) in [6.45, 7) is 5.94. The van der Waals surface area contributed by atoms with Crippen LogP contribution in [0.1, 0.15) is 24.1 Å². The van der Waals surface area contributed by atoms with E-state index in [1.54, 1.807) is 13.2 Å². The van der Waals surface area contributed by atoms with Crippen LogP contribution < -0.4 is 10.1 Å². The molecular formula is C20H22ClN5O2. The second-order valence-corrected chi connectivity index (χ2v) is 7.00. The van der Waals surface area contributed by atoms with Gasteiger partial charge in [0, 0.05) is 19.3 Å². The van der Waals surface area contributed by atoms with Gasteiger partial charge in [0.05, 0.1) is 24.7 Å². The van der Waals surface area contributed by atoms with Crippen molar-refractivity contribution in [3.63, 3.8) is 0 Å². The molecule has 1 N–H and O–H groups in total. The molecule has 0 spiro atoms. The number of methoxy groups -OCH3 is 1. The molecule has 28 heavy (non-hydrogen) atoms. The van der Waals surface area contributed by atoms with Gasteiger partial charge in [-0.3, -0.25) is 0 Å². The minimum Gasteiger partial charge on any atom is -0.497 e. The van der Waals surface area contributed by atoms with Gasteiger partial charge in [0.2, 0.25) is 5.28 Å². The van der Waals surface area contributed by atoms with E-state index in [2.05, 4.69) is 27.0 Å². The van der Waals surface area contributed by atoms with Crippen molar-refractivity contribution in [2.75, 3.05) is 25.6 Å². The Balaban J connectivity index is 1.72. The van der Waals surface area contributed by atoms with E-state index in [9.17, 15) is 0 Å². The molecule has 3 heterocycles. The molecule has 146 valence electrons. The van der Waals surface area contributed by atoms with Crippen LogP contribution >= 0.6 is 11.6 Å². The molecule has 1 aromatic carbocycles. The molecule has 4 rings (SSSR count). The van der Waals surface area contributed by atoms with Crippen LogP contribution in [0.25, 0.3) is 17.1 Å². The first-order chi connectivity index (χ1) is 13.7. The SMILES string of the molecule is C=Cc1nn(Cc2ccc(OC)cc2)c2nc(Cl)nc(NC3CCOCC3)c12. The fourth-order valence-electron chi connectivity index (χ4n) is 3.37. The van der Waals surface area contributed by atoms with E-state index >= 15 is 0 Å². The quantitative estimate of drug-likeness (QED) is 0.636. The maximum absolute atomic E-state index is 6.24. The average molecular weight is 400 g/mol. The van der Waals surface area contributed by atoms with Crippen LogP contribution in [0.4, 0.5) is 5.82 Å². The van der Waals surface area contributed by atoms with Crippen LogP contribution in [-0.2, 0) is 11.3 Å². The molecule has 7 nitrogen and oxygen atoms in total. The van der Waals surface area contributed by atoms with Gasteiger partial charge in [-0.05, 0) is 48.2 Å². The zero-order chi connectivity index (χ0) is 19.5. The second-order valence-electron chi connectivity index (χ2n) is 6.67. The van der Waals surface area contributed by atoms with Gasteiger partial charge in [0.15, 0.2) is 5.65 Å². The first-order valence-electron chi connectivity index (χ1n) is 9.21. The number of hydrogen-bond acceptors (Lipinski definition) is 6. The van der Waals surface area contributed by atoms with E-state index in [-0.39, 0.29) is 11.3 Å². The molecule has 1 aliphatic heterocycles. The first kappa shape index (κ1) is 18.7. The number of nitrogens with one attached hydrogen (secondary N) is 1. The monoisotopic (exact) mass is 399 g/mol. The highest BCUT2D eigenvalue weighted by molar-refractivity contribution is 6.28. The molecule has 1 saturated heterocycles. The first-order valence-corrected chi connectivity index (χ1v) is 9.59. The number of aromatic nitrogens is 4. The maximum Gasteiger partial charge on any atom is 0.226 e. The largest absolute Gasteiger partial charge is 0.497 e. The number of ether oxygens (including phenoxy) is 2. The Hall–Kier alpha value is -2.64. The molecule has 0 aliphatic carbocycles. The zero-order valence-electron chi connectivity index (χ0n) is 15.7. The minimum absolute atomic E-state index is 0.188. The topological polar surface area (TPSA) is 74.1 Å². The second kappa shape index (κ2) is 8.16. The summed E-state index contributed by atoms with van der Waals surface area (Å²) in [7, 11) is 1.65. The lowest BCUT2D eigenvalue weighted by Crippen LogP contribution is -2.28. The molecular weight excluding hydrogens is 378 g/mol. The summed E-state index contributed by atoms with van der Waals surface area (Å²) in [5, 5.41) is 9.20. The van der Waals surface area contributed by atoms with Gasteiger partial charge in [-0.2, -0.15) is 15.1 Å². The van der Waals surface area contributed by atoms with E-state index in [4.69, 9.17) is 21.1 Å². The molecule has 1 aliphatic rings. The van der Waals surface area contributed by atoms with Gasteiger partial charge in [0.1, 0.15) is 11.6 Å². The fraction of sp³-hybridized carbons (Fsp3) is 0.350. The zero-order valence-corrected chi connectivity index (χ0v) is 16.4. The number of hydrogen-bond donors (Lipinski definition) is 1. The smallest absolute Gasteiger partial charge is 0.226 e. The van der Waals surface area contributed by atoms with Gasteiger partial charge in [0.25, 0.3) is 0 Å². The summed E-state index contributed by atoms with van der Waals surface area (Å²) < 4.78 is 12.5. The molecule has 8 heteroatoms. The Kier molecular flexibility index (Phi) is 5.45. The molecule has 0 bridgehead atoms. The lowest BCUT2D eigenvalue weighted by molar-refractivity contribution is 0.0904. The Morgan fingerprint density at radius 1 is 1.29 bits per heavy atom. The lowest BCUT2D eigenvalue weighted by Gasteiger charge is -2.23. The van der Waals surface area contributed by atoms with Crippen molar-refractivity contribution in [3.05, 3.63) is 47.4 Å². The summed E-state index contributed by atoms with van der Waals surface area (Å²) in [5.41, 5.74) is 2.49. The summed E-state index contributed by atoms with van der Waals surface area (Å²) >= 11 is 6.24. The van der Waals surface area contributed by atoms with E-state index in [0.717, 1.165) is 48.4 Å². The Morgan fingerprint density at radius 2 is 2.04 bits per heavy atom. The number of halogens is 1. The average Bonchev–Trinajstić information content (AvgIpc) is 3.07. The molecule has 2 aromatic heterocycles. The molecule has 1 fully saturated rings. The highest BCUT2D eigenvalue weighted by atomic mass is 35.5. The third kappa shape index (κ3) is 3.81. The van der Waals surface area contributed by atoms with E-state index in [0.29, 0.717) is 18.0 Å². The van der Waals surface area contributed by atoms with Gasteiger partial charge in [-0.25, -0.2) is 4.68 Å². The summed E-state index contributed by atoms with van der Waals surface area (Å²) in [6, 6.07) is 8.14. The van der Waals surface area contributed by atoms with E-state index in [1.807, 2.05) is 28.9 Å². The van der Waals surface area contributed by atoms with Crippen LogP contribution in [0, 0.1) is 0 Å². The Labute approximate surface area is 168 Å². The minimum atomic E-state index is 0.188. The van der Waals surface area contributed by atoms with Crippen LogP contribution in [0.3, 0.4) is 0 Å². The number of nitrogens with zero attached hydrogens (tertiary/aromatic N) is 4. The van der Waals surface area contributed by atoms with Crippen molar-refractivity contribution >= 4 is 34.5 Å². The van der Waals surface area contributed by atoms with Crippen LogP contribution in [0.5, 0.6) is 5.75 Å². The predicted octanol–water partition coefficient (Wildman–Crippen LogP) is 3.77. The van der Waals surface area contributed by atoms with Crippen LogP contribution in [0.15, 0.2) is 30.8 Å². The lowest BCUT2D eigenvalue weighted by atomic mass is 10.1. The molecule has 0 amide bonds. The third-order valence-corrected chi connectivity index (χ3v) is 5.01. The Morgan fingerprint density at radius 3 is 2.71 bits per heavy atom.